The number of hydrogen-bond donors (Lipinski definition) is 4. The van der Waals surface area contributed by atoms with E-state index in [2.05, 4.69) is 28.5 Å². The van der Waals surface area contributed by atoms with Crippen molar-refractivity contribution in [2.75, 3.05) is 44.5 Å². The van der Waals surface area contributed by atoms with Gasteiger partial charge >= 0.3 is 22.8 Å². The summed E-state index contributed by atoms with van der Waals surface area (Å²) >= 11 is 19.7. The van der Waals surface area contributed by atoms with Crippen LogP contribution in [0.1, 0.15) is 23.2 Å². The lowest BCUT2D eigenvalue weighted by Crippen LogP contribution is -2.31. The van der Waals surface area contributed by atoms with E-state index in [9.17, 15) is 43.1 Å². The van der Waals surface area contributed by atoms with Crippen molar-refractivity contribution < 1.29 is 57.7 Å². The highest BCUT2D eigenvalue weighted by atomic mass is 35.5. The number of carboxylic acids is 2. The van der Waals surface area contributed by atoms with Crippen molar-refractivity contribution in [2.24, 2.45) is 4.99 Å². The van der Waals surface area contributed by atoms with E-state index >= 15 is 0 Å². The molecule has 1 aliphatic heterocycles. The van der Waals surface area contributed by atoms with E-state index in [-0.39, 0.29) is 43.4 Å². The van der Waals surface area contributed by atoms with Crippen LogP contribution < -0.4 is 24.6 Å². The van der Waals surface area contributed by atoms with E-state index in [1.54, 1.807) is 21.5 Å². The summed E-state index contributed by atoms with van der Waals surface area (Å²) in [5.74, 6) is -3.29. The zero-order valence-corrected chi connectivity index (χ0v) is 37.6. The number of halogens is 4. The molecule has 1 unspecified atom stereocenters. The number of rotatable bonds is 12. The number of aliphatic carboxylic acids is 2. The third kappa shape index (κ3) is 18.3. The molecule has 18 nitrogen and oxygen atoms in total. The Bertz CT molecular complexity index is 2340. The molecule has 4 aromatic rings. The Morgan fingerprint density at radius 2 is 1.67 bits per heavy atom. The molecule has 0 amide bonds. The zero-order valence-electron chi connectivity index (χ0n) is 32.0. The van der Waals surface area contributed by atoms with Crippen molar-refractivity contribution in [2.45, 2.75) is 30.8 Å². The number of nitrogens with zero attached hydrogens (tertiary/aromatic N) is 4. The zero-order chi connectivity index (χ0) is 45.3. The van der Waals surface area contributed by atoms with Crippen molar-refractivity contribution >= 4 is 106 Å². The van der Waals surface area contributed by atoms with Crippen LogP contribution in [0.3, 0.4) is 0 Å². The first kappa shape index (κ1) is 52.2. The second kappa shape index (κ2) is 25.1. The molecule has 1 aliphatic rings. The minimum Gasteiger partial charge on any atom is -0.778 e. The molecule has 3 aromatic carbocycles. The highest BCUT2D eigenvalue weighted by Crippen LogP contribution is 2.35. The fraction of sp³-hybridized carbons (Fsp3) is 0.324. The first-order valence-electron chi connectivity index (χ1n) is 16.7. The number of nitro groups is 1. The SMILES string of the molecule is COC(=O)c1cc(Oc2ccc(Cl)cc2Cl)ccc1[N+](=O)[O-].C[S+](C)C.O=C(O)CNCP(=O)([O-])O.O=C(O)CSc1cc(N=c2sc(=O)n3n2CCCC3)c(F)cc1Cl. The molecule has 1 aromatic heterocycles. The Labute approximate surface area is 367 Å². The first-order valence-corrected chi connectivity index (χ1v) is 23.8. The van der Waals surface area contributed by atoms with Gasteiger partial charge in [-0.2, -0.15) is 0 Å². The van der Waals surface area contributed by atoms with Gasteiger partial charge in [-0.3, -0.25) is 34.5 Å². The molecular formula is C34H38Cl3FN5O13PS3. The summed E-state index contributed by atoms with van der Waals surface area (Å²) in [6.07, 6.45) is 7.74. The van der Waals surface area contributed by atoms with Crippen LogP contribution in [-0.4, -0.2) is 91.8 Å². The molecule has 4 N–H and O–H groups in total. The Hall–Kier alpha value is -3.96. The van der Waals surface area contributed by atoms with Gasteiger partial charge in [-0.1, -0.05) is 34.8 Å². The fourth-order valence-electron chi connectivity index (χ4n) is 4.37. The number of carboxylic acid groups (broad SMARTS) is 2. The molecule has 5 rings (SSSR count). The van der Waals surface area contributed by atoms with E-state index in [4.69, 9.17) is 54.6 Å². The summed E-state index contributed by atoms with van der Waals surface area (Å²) in [4.78, 5) is 77.3. The number of carbonyl (C=O) groups is 3. The van der Waals surface area contributed by atoms with Crippen molar-refractivity contribution in [3.05, 3.63) is 99.6 Å². The van der Waals surface area contributed by atoms with Crippen molar-refractivity contribution in [3.63, 3.8) is 0 Å². The number of esters is 1. The molecule has 0 fully saturated rings. The molecule has 328 valence electrons. The van der Waals surface area contributed by atoms with E-state index in [1.165, 1.54) is 24.3 Å². The number of fused-ring (bicyclic) bond motifs is 1. The van der Waals surface area contributed by atoms with Crippen LogP contribution in [0.2, 0.25) is 15.1 Å². The average molecular weight is 977 g/mol. The Morgan fingerprint density at radius 3 is 2.22 bits per heavy atom. The molecule has 0 spiro atoms. The summed E-state index contributed by atoms with van der Waals surface area (Å²) in [6, 6.07) is 10.9. The van der Waals surface area contributed by atoms with Crippen LogP contribution in [-0.2, 0) is 42.9 Å². The number of benzene rings is 3. The third-order valence-electron chi connectivity index (χ3n) is 6.74. The van der Waals surface area contributed by atoms with E-state index in [0.29, 0.717) is 44.5 Å². The number of aromatic nitrogens is 2. The quantitative estimate of drug-likeness (QED) is 0.0324. The summed E-state index contributed by atoms with van der Waals surface area (Å²) < 4.78 is 37.5. The molecule has 0 radical (unpaired) electrons. The largest absolute Gasteiger partial charge is 0.778 e. The second-order valence-electron chi connectivity index (χ2n) is 12.1. The van der Waals surface area contributed by atoms with Gasteiger partial charge in [-0.05, 0) is 71.5 Å². The van der Waals surface area contributed by atoms with Crippen LogP contribution in [0, 0.1) is 15.9 Å². The van der Waals surface area contributed by atoms with E-state index in [0.717, 1.165) is 55.2 Å². The van der Waals surface area contributed by atoms with Gasteiger partial charge in [0, 0.05) is 35.1 Å². The van der Waals surface area contributed by atoms with E-state index < -0.39 is 49.1 Å². The number of nitrogens with one attached hydrogen (secondary N) is 1. The Morgan fingerprint density at radius 1 is 1.03 bits per heavy atom. The van der Waals surface area contributed by atoms with Crippen molar-refractivity contribution in [1.29, 1.82) is 0 Å². The normalized spacial score (nSPS) is 12.9. The number of hydrogen-bond acceptors (Lipinski definition) is 14. The fourth-order valence-corrected chi connectivity index (χ4v) is 7.09. The Balaban J connectivity index is 0.000000317. The number of carbonyl (C=O) groups excluding carboxylic acids is 1. The predicted molar refractivity (Wildman–Crippen MR) is 227 cm³/mol. The van der Waals surface area contributed by atoms with Crippen LogP contribution in [0.5, 0.6) is 11.5 Å². The first-order chi connectivity index (χ1) is 28.0. The van der Waals surface area contributed by atoms with Crippen molar-refractivity contribution in [1.82, 2.24) is 14.7 Å². The van der Waals surface area contributed by atoms with Gasteiger partial charge in [0.15, 0.2) is 0 Å². The lowest BCUT2D eigenvalue weighted by atomic mass is 10.1. The van der Waals surface area contributed by atoms with Gasteiger partial charge in [-0.25, -0.2) is 18.9 Å². The van der Waals surface area contributed by atoms with Gasteiger partial charge in [0.2, 0.25) is 4.80 Å². The van der Waals surface area contributed by atoms with Gasteiger partial charge in [0.25, 0.3) is 5.69 Å². The van der Waals surface area contributed by atoms with E-state index in [1.807, 2.05) is 5.32 Å². The lowest BCUT2D eigenvalue weighted by molar-refractivity contribution is -0.385. The molecular weight excluding hydrogens is 939 g/mol. The maximum Gasteiger partial charge on any atom is 0.345 e. The minimum atomic E-state index is -4.35. The molecule has 1 atom stereocenters. The van der Waals surface area contributed by atoms with Crippen LogP contribution >= 0.6 is 65.5 Å². The Kier molecular flexibility index (Phi) is 21.8. The monoisotopic (exact) mass is 975 g/mol. The highest BCUT2D eigenvalue weighted by molar-refractivity contribution is 8.00. The summed E-state index contributed by atoms with van der Waals surface area (Å²) in [6.45, 7) is 0.813. The van der Waals surface area contributed by atoms with Crippen LogP contribution in [0.25, 0.3) is 0 Å². The molecule has 60 heavy (non-hydrogen) atoms. The molecule has 0 aliphatic carbocycles. The van der Waals surface area contributed by atoms with Crippen molar-refractivity contribution in [3.8, 4) is 11.5 Å². The number of methoxy groups -OCH3 is 1. The number of thioether (sulfide) groups is 1. The summed E-state index contributed by atoms with van der Waals surface area (Å²) in [5.41, 5.74) is -0.550. The maximum atomic E-state index is 14.2. The predicted octanol–water partition coefficient (Wildman–Crippen LogP) is 5.85. The number of ether oxygens (including phenoxy) is 2. The van der Waals surface area contributed by atoms with Gasteiger partial charge in [-0.15, -0.1) is 11.8 Å². The molecule has 0 saturated carbocycles. The average Bonchev–Trinajstić information content (AvgIpc) is 3.47. The molecule has 0 saturated heterocycles. The standard InChI is InChI=1S/C14H9Cl2NO5.C14H13ClFN3O3S2.C3H8NO5P.C3H9S/c1-21-14(18)10-7-9(3-4-12(10)17(19)20)22-13-5-2-8(15)6-11(13)16;15-8-5-9(16)10(6-11(8)23-7-12(20)21)17-13-18-3-1-2-4-19(18)14(22)24-13;5-3(6)1-4-2-10(7,8)9;1-4(2)3/h2-7H,1H3;5-6H,1-4,7H2,(H,20,21);4H,1-2H2,(H,5,6)(H2,7,8,9);1-3H3/q;;;+1/p-1. The van der Waals surface area contributed by atoms with Gasteiger partial charge in [0.1, 0.15) is 36.2 Å². The molecule has 2 heterocycles. The van der Waals surface area contributed by atoms with Gasteiger partial charge in [0.05, 0.1) is 59.4 Å². The van der Waals surface area contributed by atoms with Crippen LogP contribution in [0.4, 0.5) is 15.8 Å². The van der Waals surface area contributed by atoms with Crippen LogP contribution in [0.15, 0.2) is 63.2 Å². The summed E-state index contributed by atoms with van der Waals surface area (Å²) in [5, 5.41) is 30.5. The minimum absolute atomic E-state index is 0.0370. The lowest BCUT2D eigenvalue weighted by Gasteiger charge is -2.15. The third-order valence-corrected chi connectivity index (χ3v) is 10.2. The molecule has 0 bridgehead atoms. The number of nitro benzene ring substituents is 1. The smallest absolute Gasteiger partial charge is 0.345 e. The topological polar surface area (TPSA) is 265 Å². The second-order valence-corrected chi connectivity index (χ2v) is 19.3. The molecule has 26 heteroatoms. The summed E-state index contributed by atoms with van der Waals surface area (Å²) in [7, 11) is -2.57. The maximum absolute atomic E-state index is 14.2. The highest BCUT2D eigenvalue weighted by Gasteiger charge is 2.22. The van der Waals surface area contributed by atoms with Gasteiger partial charge < -0.3 is 34.0 Å².